The molecule has 4 nitrogen and oxygen atoms in total. The van der Waals surface area contributed by atoms with E-state index < -0.39 is 11.2 Å². The molecule has 18 heavy (non-hydrogen) atoms. The van der Waals surface area contributed by atoms with Crippen LogP contribution in [-0.2, 0) is 6.42 Å². The molecule has 1 rings (SSSR count). The lowest BCUT2D eigenvalue weighted by molar-refractivity contribution is 0.0443. The van der Waals surface area contributed by atoms with Gasteiger partial charge in [0.2, 0.25) is 0 Å². The van der Waals surface area contributed by atoms with Crippen LogP contribution in [0.4, 0.5) is 0 Å². The summed E-state index contributed by atoms with van der Waals surface area (Å²) in [5.41, 5.74) is -0.853. The fourth-order valence-corrected chi connectivity index (χ4v) is 1.70. The van der Waals surface area contributed by atoms with Crippen LogP contribution in [-0.4, -0.2) is 15.8 Å². The number of hydrogen-bond acceptors (Lipinski definition) is 4. The van der Waals surface area contributed by atoms with E-state index in [0.29, 0.717) is 12.2 Å². The zero-order chi connectivity index (χ0) is 13.8. The average Bonchev–Trinajstić information content (AvgIpc) is 2.31. The SMILES string of the molecule is CCC(C)(O)CCCCc1cc(O)c(C)c(=O)o1. The predicted molar refractivity (Wildman–Crippen MR) is 69.8 cm³/mol. The third-order valence-electron chi connectivity index (χ3n) is 3.36. The third kappa shape index (κ3) is 4.18. The van der Waals surface area contributed by atoms with Gasteiger partial charge in [0.1, 0.15) is 11.5 Å². The monoisotopic (exact) mass is 254 g/mol. The first-order valence-electron chi connectivity index (χ1n) is 6.40. The Labute approximate surface area is 107 Å². The Morgan fingerprint density at radius 2 is 2.06 bits per heavy atom. The molecule has 0 amide bonds. The minimum atomic E-state index is -0.615. The Bertz CT molecular complexity index is 446. The maximum atomic E-state index is 11.3. The number of hydrogen-bond donors (Lipinski definition) is 2. The van der Waals surface area contributed by atoms with Crippen LogP contribution >= 0.6 is 0 Å². The second kappa shape index (κ2) is 6.05. The van der Waals surface area contributed by atoms with Crippen LogP contribution in [0.25, 0.3) is 0 Å². The van der Waals surface area contributed by atoms with E-state index in [9.17, 15) is 15.0 Å². The molecule has 0 saturated heterocycles. The van der Waals surface area contributed by atoms with Crippen LogP contribution in [0.5, 0.6) is 5.75 Å². The van der Waals surface area contributed by atoms with Crippen molar-refractivity contribution >= 4 is 0 Å². The Hall–Kier alpha value is -1.29. The highest BCUT2D eigenvalue weighted by Crippen LogP contribution is 2.19. The molecule has 1 atom stereocenters. The highest BCUT2D eigenvalue weighted by molar-refractivity contribution is 5.28. The maximum Gasteiger partial charge on any atom is 0.342 e. The van der Waals surface area contributed by atoms with Crippen molar-refractivity contribution in [2.45, 2.75) is 58.5 Å². The largest absolute Gasteiger partial charge is 0.507 e. The predicted octanol–water partition coefficient (Wildman–Crippen LogP) is 2.53. The lowest BCUT2D eigenvalue weighted by atomic mass is 9.95. The molecule has 4 heteroatoms. The number of aromatic hydroxyl groups is 1. The Kier molecular flexibility index (Phi) is 4.96. The van der Waals surface area contributed by atoms with Gasteiger partial charge in [0, 0.05) is 12.5 Å². The fourth-order valence-electron chi connectivity index (χ4n) is 1.70. The van der Waals surface area contributed by atoms with Gasteiger partial charge in [-0.25, -0.2) is 4.79 Å². The number of rotatable bonds is 6. The lowest BCUT2D eigenvalue weighted by Crippen LogP contribution is -2.22. The van der Waals surface area contributed by atoms with Crippen molar-refractivity contribution in [3.63, 3.8) is 0 Å². The first-order valence-corrected chi connectivity index (χ1v) is 6.40. The minimum absolute atomic E-state index is 0.0122. The summed E-state index contributed by atoms with van der Waals surface area (Å²) in [5.74, 6) is 0.487. The number of aliphatic hydroxyl groups is 1. The minimum Gasteiger partial charge on any atom is -0.507 e. The zero-order valence-corrected chi connectivity index (χ0v) is 11.3. The molecule has 0 fully saturated rings. The molecule has 2 N–H and O–H groups in total. The van der Waals surface area contributed by atoms with E-state index in [0.717, 1.165) is 25.7 Å². The van der Waals surface area contributed by atoms with Crippen LogP contribution in [0, 0.1) is 6.92 Å². The number of unbranched alkanes of at least 4 members (excludes halogenated alkanes) is 1. The summed E-state index contributed by atoms with van der Waals surface area (Å²) >= 11 is 0. The van der Waals surface area contributed by atoms with Gasteiger partial charge < -0.3 is 14.6 Å². The molecule has 1 aromatic heterocycles. The molecule has 102 valence electrons. The topological polar surface area (TPSA) is 70.7 Å². The molecule has 1 heterocycles. The van der Waals surface area contributed by atoms with E-state index in [1.165, 1.54) is 13.0 Å². The van der Waals surface area contributed by atoms with Crippen molar-refractivity contribution in [2.24, 2.45) is 0 Å². The Balaban J connectivity index is 2.48. The van der Waals surface area contributed by atoms with Crippen molar-refractivity contribution in [1.29, 1.82) is 0 Å². The summed E-state index contributed by atoms with van der Waals surface area (Å²) in [4.78, 5) is 11.3. The van der Waals surface area contributed by atoms with Crippen LogP contribution in [0.15, 0.2) is 15.3 Å². The lowest BCUT2D eigenvalue weighted by Gasteiger charge is -2.20. The molecular weight excluding hydrogens is 232 g/mol. The normalized spacial score (nSPS) is 14.4. The summed E-state index contributed by atoms with van der Waals surface area (Å²) < 4.78 is 5.07. The van der Waals surface area contributed by atoms with E-state index in [1.807, 2.05) is 13.8 Å². The molecule has 0 radical (unpaired) electrons. The van der Waals surface area contributed by atoms with E-state index in [1.54, 1.807) is 0 Å². The fraction of sp³-hybridized carbons (Fsp3) is 0.643. The van der Waals surface area contributed by atoms with Crippen LogP contribution in [0.3, 0.4) is 0 Å². The highest BCUT2D eigenvalue weighted by atomic mass is 16.4. The van der Waals surface area contributed by atoms with Crippen molar-refractivity contribution in [1.82, 2.24) is 0 Å². The highest BCUT2D eigenvalue weighted by Gasteiger charge is 2.16. The first kappa shape index (κ1) is 14.8. The van der Waals surface area contributed by atoms with Gasteiger partial charge >= 0.3 is 5.63 Å². The van der Waals surface area contributed by atoms with E-state index in [4.69, 9.17) is 4.42 Å². The van der Waals surface area contributed by atoms with Gasteiger partial charge in [0.15, 0.2) is 0 Å². The van der Waals surface area contributed by atoms with Crippen LogP contribution < -0.4 is 5.63 Å². The smallest absolute Gasteiger partial charge is 0.342 e. The van der Waals surface area contributed by atoms with Gasteiger partial charge in [0.25, 0.3) is 0 Å². The number of aryl methyl sites for hydroxylation is 1. The summed E-state index contributed by atoms with van der Waals surface area (Å²) in [6, 6.07) is 1.49. The van der Waals surface area contributed by atoms with Gasteiger partial charge in [-0.05, 0) is 33.1 Å². The van der Waals surface area contributed by atoms with Gasteiger partial charge in [-0.3, -0.25) is 0 Å². The molecule has 0 bridgehead atoms. The van der Waals surface area contributed by atoms with Gasteiger partial charge in [0.05, 0.1) is 11.2 Å². The molecule has 0 aliphatic carbocycles. The van der Waals surface area contributed by atoms with E-state index >= 15 is 0 Å². The summed E-state index contributed by atoms with van der Waals surface area (Å²) in [5, 5.41) is 19.3. The summed E-state index contributed by atoms with van der Waals surface area (Å²) in [7, 11) is 0. The summed E-state index contributed by atoms with van der Waals surface area (Å²) in [6.07, 6.45) is 3.74. The van der Waals surface area contributed by atoms with Gasteiger partial charge in [-0.2, -0.15) is 0 Å². The van der Waals surface area contributed by atoms with Crippen LogP contribution in [0.2, 0.25) is 0 Å². The van der Waals surface area contributed by atoms with Crippen LogP contribution in [0.1, 0.15) is 50.9 Å². The molecule has 0 aromatic carbocycles. The second-order valence-corrected chi connectivity index (χ2v) is 5.07. The summed E-state index contributed by atoms with van der Waals surface area (Å²) in [6.45, 7) is 5.31. The standard InChI is InChI=1S/C14H22O4/c1-4-14(3,17)8-6-5-7-11-9-12(15)10(2)13(16)18-11/h9,15,17H,4-8H2,1-3H3. The Morgan fingerprint density at radius 3 is 2.61 bits per heavy atom. The molecule has 0 aliphatic rings. The molecule has 1 unspecified atom stereocenters. The third-order valence-corrected chi connectivity index (χ3v) is 3.36. The van der Waals surface area contributed by atoms with E-state index in [-0.39, 0.29) is 11.3 Å². The zero-order valence-electron chi connectivity index (χ0n) is 11.3. The first-order chi connectivity index (χ1) is 8.35. The molecular formula is C14H22O4. The van der Waals surface area contributed by atoms with Crippen molar-refractivity contribution in [3.8, 4) is 5.75 Å². The van der Waals surface area contributed by atoms with Gasteiger partial charge in [-0.15, -0.1) is 0 Å². The Morgan fingerprint density at radius 1 is 1.39 bits per heavy atom. The average molecular weight is 254 g/mol. The maximum absolute atomic E-state index is 11.3. The van der Waals surface area contributed by atoms with E-state index in [2.05, 4.69) is 0 Å². The quantitative estimate of drug-likeness (QED) is 0.765. The van der Waals surface area contributed by atoms with Crippen molar-refractivity contribution in [3.05, 3.63) is 27.8 Å². The van der Waals surface area contributed by atoms with Crippen molar-refractivity contribution < 1.29 is 14.6 Å². The molecule has 0 spiro atoms. The molecule has 0 aliphatic heterocycles. The van der Waals surface area contributed by atoms with Gasteiger partial charge in [-0.1, -0.05) is 13.3 Å². The second-order valence-electron chi connectivity index (χ2n) is 5.07. The van der Waals surface area contributed by atoms with Crippen molar-refractivity contribution in [2.75, 3.05) is 0 Å². The molecule has 0 saturated carbocycles. The molecule has 1 aromatic rings.